The molecule has 0 aromatic carbocycles. The van der Waals surface area contributed by atoms with Crippen molar-refractivity contribution in [3.05, 3.63) is 17.0 Å². The van der Waals surface area contributed by atoms with Gasteiger partial charge in [-0.25, -0.2) is 0 Å². The van der Waals surface area contributed by atoms with Gasteiger partial charge < -0.3 is 24.4 Å². The summed E-state index contributed by atoms with van der Waals surface area (Å²) >= 11 is 0. The second-order valence-corrected chi connectivity index (χ2v) is 7.82. The molecular weight excluding hydrogens is 499 g/mol. The number of piperazine rings is 1. The molecule has 0 radical (unpaired) electrons. The van der Waals surface area contributed by atoms with Crippen molar-refractivity contribution >= 4 is 35.8 Å². The topological polar surface area (TPSA) is 86.4 Å². The number of carbonyl (C=O) groups is 1. The molecule has 0 aliphatic carbocycles. The summed E-state index contributed by atoms with van der Waals surface area (Å²) in [5, 5.41) is 7.54. The molecule has 1 unspecified atom stereocenters. The van der Waals surface area contributed by atoms with Crippen molar-refractivity contribution in [1.29, 1.82) is 0 Å². The molecule has 2 aliphatic heterocycles. The standard InChI is InChI=1S/C20H34N6O3.HI/c1-15(19-16(2)23-29-17(19)3)13-22-20(21-4)26-7-5-24(6-8-26)14-18(27)25-9-11-28-12-10-25;/h15H,5-14H2,1-4H3,(H,21,22);1H. The summed E-state index contributed by atoms with van der Waals surface area (Å²) in [5.74, 6) is 2.27. The predicted molar refractivity (Wildman–Crippen MR) is 127 cm³/mol. The van der Waals surface area contributed by atoms with Gasteiger partial charge in [0.2, 0.25) is 5.91 Å². The van der Waals surface area contributed by atoms with Crippen LogP contribution < -0.4 is 5.32 Å². The molecule has 1 amide bonds. The average Bonchev–Trinajstić information content (AvgIpc) is 3.08. The number of aryl methyl sites for hydroxylation is 2. The van der Waals surface area contributed by atoms with Crippen molar-refractivity contribution in [2.24, 2.45) is 4.99 Å². The van der Waals surface area contributed by atoms with Gasteiger partial charge in [-0.3, -0.25) is 14.7 Å². The molecule has 2 saturated heterocycles. The number of nitrogens with zero attached hydrogens (tertiary/aromatic N) is 5. The van der Waals surface area contributed by atoms with E-state index in [4.69, 9.17) is 9.26 Å². The molecule has 9 nitrogen and oxygen atoms in total. The largest absolute Gasteiger partial charge is 0.378 e. The maximum Gasteiger partial charge on any atom is 0.236 e. The van der Waals surface area contributed by atoms with Gasteiger partial charge in [0.05, 0.1) is 25.5 Å². The van der Waals surface area contributed by atoms with Crippen molar-refractivity contribution in [2.45, 2.75) is 26.7 Å². The minimum Gasteiger partial charge on any atom is -0.378 e. The summed E-state index contributed by atoms with van der Waals surface area (Å²) in [5.41, 5.74) is 2.12. The molecule has 0 spiro atoms. The Balaban J connectivity index is 0.00000320. The van der Waals surface area contributed by atoms with E-state index in [0.717, 1.165) is 50.1 Å². The van der Waals surface area contributed by atoms with Crippen LogP contribution in [-0.4, -0.2) is 104 Å². The fourth-order valence-electron chi connectivity index (χ4n) is 4.09. The molecule has 30 heavy (non-hydrogen) atoms. The molecular formula is C20H35IN6O3. The highest BCUT2D eigenvalue weighted by Crippen LogP contribution is 2.22. The Hall–Kier alpha value is -1.40. The third kappa shape index (κ3) is 6.30. The highest BCUT2D eigenvalue weighted by atomic mass is 127. The average molecular weight is 534 g/mol. The second kappa shape index (κ2) is 11.8. The zero-order chi connectivity index (χ0) is 20.8. The number of carbonyl (C=O) groups excluding carboxylic acids is 1. The van der Waals surface area contributed by atoms with Gasteiger partial charge in [-0.1, -0.05) is 12.1 Å². The van der Waals surface area contributed by atoms with Crippen molar-refractivity contribution in [1.82, 2.24) is 25.2 Å². The highest BCUT2D eigenvalue weighted by Gasteiger charge is 2.25. The lowest BCUT2D eigenvalue weighted by Gasteiger charge is -2.37. The van der Waals surface area contributed by atoms with Crippen molar-refractivity contribution in [2.75, 3.05) is 72.6 Å². The van der Waals surface area contributed by atoms with E-state index in [2.05, 4.69) is 32.2 Å². The normalized spacial score (nSPS) is 19.4. The van der Waals surface area contributed by atoms with Gasteiger partial charge >= 0.3 is 0 Å². The summed E-state index contributed by atoms with van der Waals surface area (Å²) < 4.78 is 10.6. The van der Waals surface area contributed by atoms with Gasteiger partial charge in [-0.05, 0) is 13.8 Å². The molecule has 1 atom stereocenters. The van der Waals surface area contributed by atoms with Crippen LogP contribution in [0.4, 0.5) is 0 Å². The van der Waals surface area contributed by atoms with E-state index in [9.17, 15) is 4.79 Å². The molecule has 1 N–H and O–H groups in total. The number of ether oxygens (including phenoxy) is 1. The summed E-state index contributed by atoms with van der Waals surface area (Å²) in [7, 11) is 1.82. The van der Waals surface area contributed by atoms with Crippen LogP contribution in [0.25, 0.3) is 0 Å². The van der Waals surface area contributed by atoms with Gasteiger partial charge in [-0.15, -0.1) is 24.0 Å². The van der Waals surface area contributed by atoms with Crippen molar-refractivity contribution in [3.63, 3.8) is 0 Å². The molecule has 2 fully saturated rings. The first-order valence-corrected chi connectivity index (χ1v) is 10.5. The number of halogens is 1. The van der Waals surface area contributed by atoms with Gasteiger partial charge in [0, 0.05) is 64.3 Å². The zero-order valence-electron chi connectivity index (χ0n) is 18.5. The summed E-state index contributed by atoms with van der Waals surface area (Å²) in [4.78, 5) is 23.3. The van der Waals surface area contributed by atoms with Crippen LogP contribution >= 0.6 is 24.0 Å². The second-order valence-electron chi connectivity index (χ2n) is 7.82. The van der Waals surface area contributed by atoms with Crippen LogP contribution in [0.2, 0.25) is 0 Å². The van der Waals surface area contributed by atoms with Gasteiger partial charge in [0.25, 0.3) is 0 Å². The Bertz CT molecular complexity index is 692. The third-order valence-corrected chi connectivity index (χ3v) is 5.75. The maximum atomic E-state index is 12.4. The van der Waals surface area contributed by atoms with Crippen molar-refractivity contribution < 1.29 is 14.1 Å². The summed E-state index contributed by atoms with van der Waals surface area (Å²) in [6.07, 6.45) is 0. The minimum absolute atomic E-state index is 0. The molecule has 1 aromatic heterocycles. The Morgan fingerprint density at radius 3 is 2.37 bits per heavy atom. The first-order valence-electron chi connectivity index (χ1n) is 10.5. The van der Waals surface area contributed by atoms with Gasteiger partial charge in [-0.2, -0.15) is 0 Å². The molecule has 10 heteroatoms. The number of morpholine rings is 1. The minimum atomic E-state index is 0. The number of aliphatic imine (C=N–C) groups is 1. The van der Waals surface area contributed by atoms with Crippen LogP contribution in [0.5, 0.6) is 0 Å². The molecule has 3 heterocycles. The first kappa shape index (κ1) is 24.9. The Morgan fingerprint density at radius 1 is 1.13 bits per heavy atom. The SMILES string of the molecule is CN=C(NCC(C)c1c(C)noc1C)N1CCN(CC(=O)N2CCOCC2)CC1.I. The van der Waals surface area contributed by atoms with Crippen LogP contribution in [0, 0.1) is 13.8 Å². The smallest absolute Gasteiger partial charge is 0.236 e. The number of aromatic nitrogens is 1. The monoisotopic (exact) mass is 534 g/mol. The molecule has 3 rings (SSSR count). The van der Waals surface area contributed by atoms with Crippen LogP contribution in [0.15, 0.2) is 9.52 Å². The molecule has 170 valence electrons. The van der Waals surface area contributed by atoms with Gasteiger partial charge in [0.1, 0.15) is 5.76 Å². The van der Waals surface area contributed by atoms with Crippen LogP contribution in [0.3, 0.4) is 0 Å². The van der Waals surface area contributed by atoms with Crippen molar-refractivity contribution in [3.8, 4) is 0 Å². The highest BCUT2D eigenvalue weighted by molar-refractivity contribution is 14.0. The van der Waals surface area contributed by atoms with Crippen LogP contribution in [-0.2, 0) is 9.53 Å². The number of nitrogens with one attached hydrogen (secondary N) is 1. The first-order chi connectivity index (χ1) is 14.0. The Labute approximate surface area is 196 Å². The van der Waals surface area contributed by atoms with E-state index >= 15 is 0 Å². The number of rotatable bonds is 5. The van der Waals surface area contributed by atoms with Crippen LogP contribution in [0.1, 0.15) is 29.9 Å². The molecule has 2 aliphatic rings. The Morgan fingerprint density at radius 2 is 1.80 bits per heavy atom. The molecule has 1 aromatic rings. The lowest BCUT2D eigenvalue weighted by molar-refractivity contribution is -0.136. The number of hydrogen-bond donors (Lipinski definition) is 1. The number of amides is 1. The van der Waals surface area contributed by atoms with E-state index in [1.54, 1.807) is 0 Å². The predicted octanol–water partition coefficient (Wildman–Crippen LogP) is 1.06. The lowest BCUT2D eigenvalue weighted by atomic mass is 10.00. The number of guanidine groups is 1. The fourth-order valence-corrected chi connectivity index (χ4v) is 4.09. The Kier molecular flexibility index (Phi) is 9.82. The summed E-state index contributed by atoms with van der Waals surface area (Å²) in [6.45, 7) is 13.5. The zero-order valence-corrected chi connectivity index (χ0v) is 20.8. The van der Waals surface area contributed by atoms with Gasteiger partial charge in [0.15, 0.2) is 5.96 Å². The summed E-state index contributed by atoms with van der Waals surface area (Å²) in [6, 6.07) is 0. The lowest BCUT2D eigenvalue weighted by Crippen LogP contribution is -2.55. The van der Waals surface area contributed by atoms with E-state index in [-0.39, 0.29) is 35.8 Å². The van der Waals surface area contributed by atoms with E-state index in [1.807, 2.05) is 25.8 Å². The van der Waals surface area contributed by atoms with E-state index < -0.39 is 0 Å². The maximum absolute atomic E-state index is 12.4. The number of hydrogen-bond acceptors (Lipinski definition) is 6. The molecule has 0 bridgehead atoms. The van der Waals surface area contributed by atoms with E-state index in [1.165, 1.54) is 5.56 Å². The van der Waals surface area contributed by atoms with E-state index in [0.29, 0.717) is 32.8 Å². The fraction of sp³-hybridized carbons (Fsp3) is 0.750. The third-order valence-electron chi connectivity index (χ3n) is 5.75. The quantitative estimate of drug-likeness (QED) is 0.344. The molecule has 0 saturated carbocycles.